The third-order valence-corrected chi connectivity index (χ3v) is 3.63. The predicted octanol–water partition coefficient (Wildman–Crippen LogP) is -1.40. The minimum atomic E-state index is -3.94. The van der Waals surface area contributed by atoms with Crippen LogP contribution < -0.4 is 4.72 Å². The van der Waals surface area contributed by atoms with Crippen molar-refractivity contribution < 1.29 is 28.2 Å². The van der Waals surface area contributed by atoms with Gasteiger partial charge in [0.25, 0.3) is 0 Å². The van der Waals surface area contributed by atoms with Crippen molar-refractivity contribution in [3.63, 3.8) is 0 Å². The second-order valence-electron chi connectivity index (χ2n) is 3.62. The van der Waals surface area contributed by atoms with Gasteiger partial charge in [0, 0.05) is 0 Å². The minimum absolute atomic E-state index is 0.0905. The molecule has 0 atom stereocenters. The van der Waals surface area contributed by atoms with E-state index in [4.69, 9.17) is 10.2 Å². The van der Waals surface area contributed by atoms with Gasteiger partial charge in [0.2, 0.25) is 10.0 Å². The van der Waals surface area contributed by atoms with Crippen molar-refractivity contribution in [3.8, 4) is 0 Å². The smallest absolute Gasteiger partial charge is 0.322 e. The predicted molar refractivity (Wildman–Crippen MR) is 60.7 cm³/mol. The van der Waals surface area contributed by atoms with E-state index in [1.807, 2.05) is 0 Å². The SMILES string of the molecule is CCOC(=O)CS(=O)(=O)NC(CC)(CO)CO. The normalized spacial score (nSPS) is 12.5. The Morgan fingerprint density at radius 1 is 1.29 bits per heavy atom. The van der Waals surface area contributed by atoms with Crippen LogP contribution in [0, 0.1) is 0 Å². The minimum Gasteiger partial charge on any atom is -0.465 e. The monoisotopic (exact) mass is 269 g/mol. The Morgan fingerprint density at radius 3 is 2.18 bits per heavy atom. The molecule has 0 aliphatic carbocycles. The molecule has 0 rings (SSSR count). The summed E-state index contributed by atoms with van der Waals surface area (Å²) in [5.74, 6) is -1.70. The molecule has 0 heterocycles. The van der Waals surface area contributed by atoms with Crippen LogP contribution in [0.1, 0.15) is 20.3 Å². The number of aliphatic hydroxyl groups is 2. The number of hydrogen-bond donors (Lipinski definition) is 3. The third-order valence-electron chi connectivity index (χ3n) is 2.27. The summed E-state index contributed by atoms with van der Waals surface area (Å²) in [5, 5.41) is 18.1. The van der Waals surface area contributed by atoms with E-state index in [9.17, 15) is 13.2 Å². The zero-order valence-electron chi connectivity index (χ0n) is 9.97. The maximum atomic E-state index is 11.6. The average molecular weight is 269 g/mol. The quantitative estimate of drug-likeness (QED) is 0.467. The molecule has 0 amide bonds. The van der Waals surface area contributed by atoms with Crippen molar-refractivity contribution >= 4 is 16.0 Å². The van der Waals surface area contributed by atoms with Crippen LogP contribution in [0.25, 0.3) is 0 Å². The number of sulfonamides is 1. The van der Waals surface area contributed by atoms with Gasteiger partial charge in [-0.3, -0.25) is 4.79 Å². The van der Waals surface area contributed by atoms with Gasteiger partial charge in [-0.15, -0.1) is 0 Å². The topological polar surface area (TPSA) is 113 Å². The molecule has 0 spiro atoms. The van der Waals surface area contributed by atoms with Gasteiger partial charge in [-0.25, -0.2) is 13.1 Å². The molecular formula is C9H19NO6S. The molecule has 0 bridgehead atoms. The summed E-state index contributed by atoms with van der Waals surface area (Å²) in [7, 11) is -3.94. The first-order valence-electron chi connectivity index (χ1n) is 5.23. The molecule has 7 nitrogen and oxygen atoms in total. The van der Waals surface area contributed by atoms with Crippen LogP contribution in [0.15, 0.2) is 0 Å². The molecule has 0 fully saturated rings. The highest BCUT2D eigenvalue weighted by atomic mass is 32.2. The van der Waals surface area contributed by atoms with Gasteiger partial charge in [-0.2, -0.15) is 0 Å². The van der Waals surface area contributed by atoms with Crippen LogP contribution in [0.4, 0.5) is 0 Å². The lowest BCUT2D eigenvalue weighted by Crippen LogP contribution is -2.54. The Hall–Kier alpha value is -0.700. The third kappa shape index (κ3) is 5.44. The van der Waals surface area contributed by atoms with E-state index in [1.54, 1.807) is 13.8 Å². The van der Waals surface area contributed by atoms with Crippen molar-refractivity contribution in [1.82, 2.24) is 4.72 Å². The summed E-state index contributed by atoms with van der Waals surface area (Å²) in [6.45, 7) is 2.16. The standard InChI is InChI=1S/C9H19NO6S/c1-3-9(6-11,7-12)10-17(14,15)5-8(13)16-4-2/h10-12H,3-7H2,1-2H3. The van der Waals surface area contributed by atoms with Crippen LogP contribution in [0.3, 0.4) is 0 Å². The maximum Gasteiger partial charge on any atom is 0.322 e. The summed E-state index contributed by atoms with van der Waals surface area (Å²) < 4.78 is 29.8. The lowest BCUT2D eigenvalue weighted by molar-refractivity contribution is -0.139. The molecule has 3 N–H and O–H groups in total. The Balaban J connectivity index is 4.68. The van der Waals surface area contributed by atoms with E-state index in [1.165, 1.54) is 0 Å². The van der Waals surface area contributed by atoms with E-state index >= 15 is 0 Å². The van der Waals surface area contributed by atoms with E-state index < -0.39 is 40.5 Å². The second-order valence-corrected chi connectivity index (χ2v) is 5.34. The maximum absolute atomic E-state index is 11.6. The average Bonchev–Trinajstić information content (AvgIpc) is 2.25. The zero-order chi connectivity index (χ0) is 13.5. The Kier molecular flexibility index (Phi) is 6.61. The summed E-state index contributed by atoms with van der Waals surface area (Å²) in [4.78, 5) is 11.0. The summed E-state index contributed by atoms with van der Waals surface area (Å²) in [6, 6.07) is 0. The molecule has 8 heteroatoms. The van der Waals surface area contributed by atoms with Crippen LogP contribution in [-0.4, -0.2) is 55.7 Å². The number of carbonyl (C=O) groups is 1. The van der Waals surface area contributed by atoms with Crippen molar-refractivity contribution in [3.05, 3.63) is 0 Å². The molecule has 0 aromatic rings. The lowest BCUT2D eigenvalue weighted by Gasteiger charge is -2.28. The van der Waals surface area contributed by atoms with E-state index in [-0.39, 0.29) is 13.0 Å². The van der Waals surface area contributed by atoms with Gasteiger partial charge < -0.3 is 14.9 Å². The van der Waals surface area contributed by atoms with Crippen LogP contribution in [0.5, 0.6) is 0 Å². The van der Waals surface area contributed by atoms with Crippen LogP contribution in [-0.2, 0) is 19.6 Å². The van der Waals surface area contributed by atoms with Gasteiger partial charge >= 0.3 is 5.97 Å². The number of rotatable bonds is 8. The highest BCUT2D eigenvalue weighted by Crippen LogP contribution is 2.10. The Bertz CT molecular complexity index is 327. The molecule has 0 aliphatic rings. The Labute approximate surface area is 101 Å². The summed E-state index contributed by atoms with van der Waals surface area (Å²) in [5.41, 5.74) is -1.34. The van der Waals surface area contributed by atoms with Crippen LogP contribution >= 0.6 is 0 Å². The first-order chi connectivity index (χ1) is 7.84. The first kappa shape index (κ1) is 16.3. The Morgan fingerprint density at radius 2 is 1.82 bits per heavy atom. The van der Waals surface area contributed by atoms with E-state index in [0.717, 1.165) is 0 Å². The van der Waals surface area contributed by atoms with Crippen molar-refractivity contribution in [2.45, 2.75) is 25.8 Å². The van der Waals surface area contributed by atoms with Gasteiger partial charge in [0.05, 0.1) is 25.4 Å². The van der Waals surface area contributed by atoms with Gasteiger partial charge in [-0.1, -0.05) is 6.92 Å². The summed E-state index contributed by atoms with van der Waals surface area (Å²) in [6.07, 6.45) is 0.196. The number of esters is 1. The molecular weight excluding hydrogens is 250 g/mol. The molecule has 17 heavy (non-hydrogen) atoms. The van der Waals surface area contributed by atoms with Gasteiger partial charge in [0.15, 0.2) is 5.75 Å². The second kappa shape index (κ2) is 6.90. The molecule has 0 aromatic heterocycles. The van der Waals surface area contributed by atoms with Crippen molar-refractivity contribution in [2.24, 2.45) is 0 Å². The summed E-state index contributed by atoms with van der Waals surface area (Å²) >= 11 is 0. The fourth-order valence-electron chi connectivity index (χ4n) is 1.13. The van der Waals surface area contributed by atoms with Gasteiger partial charge in [0.1, 0.15) is 0 Å². The molecule has 102 valence electrons. The molecule has 0 unspecified atom stereocenters. The number of nitrogens with one attached hydrogen (secondary N) is 1. The van der Waals surface area contributed by atoms with E-state index in [2.05, 4.69) is 9.46 Å². The van der Waals surface area contributed by atoms with Crippen molar-refractivity contribution in [2.75, 3.05) is 25.6 Å². The van der Waals surface area contributed by atoms with Gasteiger partial charge in [-0.05, 0) is 13.3 Å². The molecule has 0 aliphatic heterocycles. The number of carbonyl (C=O) groups excluding carboxylic acids is 1. The zero-order valence-corrected chi connectivity index (χ0v) is 10.8. The van der Waals surface area contributed by atoms with Crippen LogP contribution in [0.2, 0.25) is 0 Å². The largest absolute Gasteiger partial charge is 0.465 e. The highest BCUT2D eigenvalue weighted by molar-refractivity contribution is 7.90. The van der Waals surface area contributed by atoms with Crippen molar-refractivity contribution in [1.29, 1.82) is 0 Å². The lowest BCUT2D eigenvalue weighted by atomic mass is 10.0. The fourth-order valence-corrected chi connectivity index (χ4v) is 2.53. The number of hydrogen-bond acceptors (Lipinski definition) is 6. The fraction of sp³-hybridized carbons (Fsp3) is 0.889. The molecule has 0 aromatic carbocycles. The number of aliphatic hydroxyl groups excluding tert-OH is 2. The molecule has 0 saturated heterocycles. The molecule has 0 radical (unpaired) electrons. The molecule has 0 saturated carbocycles. The number of ether oxygens (including phenoxy) is 1. The van der Waals surface area contributed by atoms with E-state index in [0.29, 0.717) is 0 Å². The highest BCUT2D eigenvalue weighted by Gasteiger charge is 2.33. The first-order valence-corrected chi connectivity index (χ1v) is 6.89.